The van der Waals surface area contributed by atoms with Crippen LogP contribution in [0.2, 0.25) is 15.1 Å². The van der Waals surface area contributed by atoms with E-state index in [2.05, 4.69) is 12.6 Å². The largest absolute Gasteiger partial charge is 0.522 e. The van der Waals surface area contributed by atoms with Crippen molar-refractivity contribution in [2.75, 3.05) is 0 Å². The van der Waals surface area contributed by atoms with Gasteiger partial charge in [-0.05, 0) is 48.5 Å². The molecule has 0 saturated heterocycles. The minimum Gasteiger partial charge on any atom is -0.279 e. The fraction of sp³-hybridized carbons (Fsp3) is 0.0526. The maximum Gasteiger partial charge on any atom is 0.522 e. The molecule has 0 saturated carbocycles. The molecule has 1 N–H and O–H groups in total. The van der Waals surface area contributed by atoms with Crippen LogP contribution in [0.4, 0.5) is 13.2 Å². The molecule has 0 fully saturated rings. The van der Waals surface area contributed by atoms with E-state index in [1.54, 1.807) is 0 Å². The van der Waals surface area contributed by atoms with Gasteiger partial charge in [-0.2, -0.15) is 21.6 Å². The fourth-order valence-electron chi connectivity index (χ4n) is 1.27. The lowest BCUT2D eigenvalue weighted by atomic mass is 10.4. The lowest BCUT2D eigenvalue weighted by Crippen LogP contribution is -2.21. The van der Waals surface area contributed by atoms with Crippen LogP contribution >= 0.6 is 47.4 Å². The summed E-state index contributed by atoms with van der Waals surface area (Å²) in [4.78, 5) is 0.939. The number of hydrogen-bond acceptors (Lipinski definition) is 3. The zero-order valence-electron chi connectivity index (χ0n) is 15.0. The van der Waals surface area contributed by atoms with Gasteiger partial charge in [0.1, 0.15) is 0 Å². The maximum absolute atomic E-state index is 10.7. The molecule has 3 aromatic carbocycles. The van der Waals surface area contributed by atoms with Gasteiger partial charge in [-0.1, -0.05) is 71.2 Å². The Bertz CT molecular complexity index is 881. The van der Waals surface area contributed by atoms with Crippen LogP contribution in [0.1, 0.15) is 0 Å². The van der Waals surface area contributed by atoms with E-state index >= 15 is 0 Å². The summed E-state index contributed by atoms with van der Waals surface area (Å²) in [6.45, 7) is 0. The quantitative estimate of drug-likeness (QED) is 0.182. The zero-order valence-corrected chi connectivity index (χ0v) is 18.9. The topological polar surface area (TPSA) is 54.4 Å². The first kappa shape index (κ1) is 28.6. The highest BCUT2D eigenvalue weighted by Crippen LogP contribution is 2.20. The van der Waals surface area contributed by atoms with Crippen LogP contribution in [-0.4, -0.2) is 18.5 Å². The van der Waals surface area contributed by atoms with Crippen molar-refractivity contribution in [2.24, 2.45) is 0 Å². The summed E-state index contributed by atoms with van der Waals surface area (Å²) in [5.74, 6) is 0. The SMILES string of the molecule is Clc1ccccc1.Clc1ccccc1.O=S(=O)(O)C(F)(F)F.Sc1ccc(Cl)cc1. The van der Waals surface area contributed by atoms with Gasteiger partial charge in [0.05, 0.1) is 0 Å². The second-order valence-electron chi connectivity index (χ2n) is 4.99. The third-order valence-corrected chi connectivity index (χ3v) is 4.22. The van der Waals surface area contributed by atoms with Crippen molar-refractivity contribution in [3.63, 3.8) is 0 Å². The predicted octanol–water partition coefficient (Wildman–Crippen LogP) is 7.70. The highest BCUT2D eigenvalue weighted by molar-refractivity contribution is 7.86. The molecular formula is C19H16Cl3F3O3S2. The number of alkyl halides is 3. The molecule has 164 valence electrons. The van der Waals surface area contributed by atoms with E-state index in [4.69, 9.17) is 47.8 Å². The number of benzene rings is 3. The van der Waals surface area contributed by atoms with Crippen molar-refractivity contribution < 1.29 is 26.1 Å². The van der Waals surface area contributed by atoms with E-state index < -0.39 is 15.6 Å². The smallest absolute Gasteiger partial charge is 0.279 e. The standard InChI is InChI=1S/C6H5ClS.2C6H5Cl.CHF3O3S/c7-5-1-3-6(8)4-2-5;2*7-6-4-2-1-3-5-6;2-1(3,4)8(5,6)7/h1-4,8H;2*1-5H;(H,5,6,7). The lowest BCUT2D eigenvalue weighted by molar-refractivity contribution is -0.0510. The minimum atomic E-state index is -5.84. The Morgan fingerprint density at radius 2 is 0.933 bits per heavy atom. The molecule has 0 amide bonds. The third kappa shape index (κ3) is 15.4. The molecule has 0 atom stereocenters. The van der Waals surface area contributed by atoms with Gasteiger partial charge in [-0.15, -0.1) is 12.6 Å². The minimum absolute atomic E-state index is 0.753. The molecule has 11 heteroatoms. The lowest BCUT2D eigenvalue weighted by Gasteiger charge is -1.97. The van der Waals surface area contributed by atoms with Gasteiger partial charge in [0, 0.05) is 20.0 Å². The first-order valence-corrected chi connectivity index (χ1v) is 10.7. The van der Waals surface area contributed by atoms with Crippen molar-refractivity contribution in [1.82, 2.24) is 0 Å². The molecular weight excluding hydrogens is 504 g/mol. The molecule has 0 aliphatic heterocycles. The number of halogens is 6. The molecule has 0 heterocycles. The predicted molar refractivity (Wildman–Crippen MR) is 119 cm³/mol. The summed E-state index contributed by atoms with van der Waals surface area (Å²) in [5.41, 5.74) is -5.53. The third-order valence-electron chi connectivity index (χ3n) is 2.59. The van der Waals surface area contributed by atoms with E-state index in [-0.39, 0.29) is 0 Å². The average molecular weight is 520 g/mol. The Morgan fingerprint density at radius 1 is 0.667 bits per heavy atom. The summed E-state index contributed by atoms with van der Waals surface area (Å²) < 4.78 is 57.5. The first-order valence-electron chi connectivity index (χ1n) is 7.72. The second kappa shape index (κ2) is 14.6. The van der Waals surface area contributed by atoms with Crippen molar-refractivity contribution in [3.05, 3.63) is 100.0 Å². The van der Waals surface area contributed by atoms with Gasteiger partial charge < -0.3 is 0 Å². The summed E-state index contributed by atoms with van der Waals surface area (Å²) in [7, 11) is -5.84. The summed E-state index contributed by atoms with van der Waals surface area (Å²) in [6.07, 6.45) is 0. The molecule has 0 unspecified atom stereocenters. The van der Waals surface area contributed by atoms with Crippen LogP contribution in [0.25, 0.3) is 0 Å². The number of hydrogen-bond donors (Lipinski definition) is 2. The van der Waals surface area contributed by atoms with Crippen LogP contribution in [0.5, 0.6) is 0 Å². The molecule has 30 heavy (non-hydrogen) atoms. The molecule has 3 rings (SSSR count). The Morgan fingerprint density at radius 3 is 1.10 bits per heavy atom. The summed E-state index contributed by atoms with van der Waals surface area (Å²) >= 11 is 20.7. The van der Waals surface area contributed by atoms with Crippen LogP contribution in [0.3, 0.4) is 0 Å². The highest BCUT2D eigenvalue weighted by Gasteiger charge is 2.44. The maximum atomic E-state index is 10.7. The molecule has 0 radical (unpaired) electrons. The van der Waals surface area contributed by atoms with Crippen LogP contribution in [0.15, 0.2) is 89.8 Å². The Balaban J connectivity index is 0.000000374. The highest BCUT2D eigenvalue weighted by atomic mass is 35.5. The van der Waals surface area contributed by atoms with Gasteiger partial charge >= 0.3 is 15.6 Å². The molecule has 0 aliphatic carbocycles. The van der Waals surface area contributed by atoms with Gasteiger partial charge in [-0.3, -0.25) is 4.55 Å². The Kier molecular flexibility index (Phi) is 13.9. The average Bonchev–Trinajstić information content (AvgIpc) is 2.65. The number of rotatable bonds is 0. The molecule has 3 nitrogen and oxygen atoms in total. The van der Waals surface area contributed by atoms with Crippen molar-refractivity contribution in [3.8, 4) is 0 Å². The Labute approximate surface area is 193 Å². The summed E-state index contributed by atoms with van der Waals surface area (Å²) in [6, 6.07) is 26.2. The molecule has 0 spiro atoms. The zero-order chi connectivity index (χ0) is 23.2. The van der Waals surface area contributed by atoms with Crippen LogP contribution in [-0.2, 0) is 10.1 Å². The fourth-order valence-corrected chi connectivity index (χ4v) is 1.84. The summed E-state index contributed by atoms with van der Waals surface area (Å²) in [5, 5.41) is 2.34. The van der Waals surface area contributed by atoms with E-state index in [1.807, 2.05) is 84.9 Å². The van der Waals surface area contributed by atoms with Crippen molar-refractivity contribution in [2.45, 2.75) is 10.4 Å². The van der Waals surface area contributed by atoms with Gasteiger partial charge in [0.2, 0.25) is 0 Å². The van der Waals surface area contributed by atoms with Gasteiger partial charge in [0.25, 0.3) is 0 Å². The van der Waals surface area contributed by atoms with Crippen molar-refractivity contribution in [1.29, 1.82) is 0 Å². The second-order valence-corrected chi connectivity index (χ2v) is 8.23. The van der Waals surface area contributed by atoms with Gasteiger partial charge in [-0.25, -0.2) is 0 Å². The van der Waals surface area contributed by atoms with Crippen molar-refractivity contribution >= 4 is 57.5 Å². The normalized spacial score (nSPS) is 10.3. The van der Waals surface area contributed by atoms with Crippen LogP contribution < -0.4 is 0 Å². The first-order chi connectivity index (χ1) is 13.8. The molecule has 0 aromatic heterocycles. The van der Waals surface area contributed by atoms with E-state index in [0.717, 1.165) is 20.0 Å². The van der Waals surface area contributed by atoms with E-state index in [1.165, 1.54) is 0 Å². The molecule has 3 aromatic rings. The monoisotopic (exact) mass is 518 g/mol. The van der Waals surface area contributed by atoms with E-state index in [9.17, 15) is 13.2 Å². The molecule has 0 aliphatic rings. The number of thiol groups is 1. The van der Waals surface area contributed by atoms with Crippen LogP contribution in [0, 0.1) is 0 Å². The van der Waals surface area contributed by atoms with E-state index in [0.29, 0.717) is 0 Å². The molecule has 0 bridgehead atoms. The Hall–Kier alpha value is -1.42. The van der Waals surface area contributed by atoms with Gasteiger partial charge in [0.15, 0.2) is 0 Å².